The Bertz CT molecular complexity index is 672. The largest absolute Gasteiger partial charge is 0.481 e. The second-order valence-electron chi connectivity index (χ2n) is 6.21. The van der Waals surface area contributed by atoms with E-state index >= 15 is 0 Å². The van der Waals surface area contributed by atoms with Gasteiger partial charge in [0, 0.05) is 5.69 Å². The molecule has 1 unspecified atom stereocenters. The quantitative estimate of drug-likeness (QED) is 0.858. The summed E-state index contributed by atoms with van der Waals surface area (Å²) < 4.78 is 5.91. The van der Waals surface area contributed by atoms with Gasteiger partial charge in [-0.15, -0.1) is 0 Å². The van der Waals surface area contributed by atoms with Crippen LogP contribution in [0.3, 0.4) is 0 Å². The summed E-state index contributed by atoms with van der Waals surface area (Å²) in [6.45, 7) is 9.98. The van der Waals surface area contributed by atoms with E-state index in [1.54, 1.807) is 6.92 Å². The molecule has 0 saturated carbocycles. The maximum atomic E-state index is 12.5. The van der Waals surface area contributed by atoms with Crippen LogP contribution in [0.4, 0.5) is 5.69 Å². The Morgan fingerprint density at radius 3 is 2.17 bits per heavy atom. The highest BCUT2D eigenvalue weighted by molar-refractivity contribution is 5.95. The van der Waals surface area contributed by atoms with Gasteiger partial charge in [-0.05, 0) is 49.4 Å². The van der Waals surface area contributed by atoms with Crippen molar-refractivity contribution in [2.45, 2.75) is 46.6 Å². The zero-order valence-electron chi connectivity index (χ0n) is 14.5. The molecule has 2 aromatic carbocycles. The van der Waals surface area contributed by atoms with Crippen LogP contribution in [0.25, 0.3) is 0 Å². The van der Waals surface area contributed by atoms with Crippen molar-refractivity contribution in [1.29, 1.82) is 0 Å². The summed E-state index contributed by atoms with van der Waals surface area (Å²) in [5, 5.41) is 2.98. The van der Waals surface area contributed by atoms with Crippen LogP contribution >= 0.6 is 0 Å². The lowest BCUT2D eigenvalue weighted by Crippen LogP contribution is -2.31. The fourth-order valence-corrected chi connectivity index (χ4v) is 2.55. The molecule has 122 valence electrons. The average molecular weight is 311 g/mol. The normalized spacial score (nSPS) is 12.1. The van der Waals surface area contributed by atoms with Gasteiger partial charge >= 0.3 is 0 Å². The minimum atomic E-state index is -0.561. The summed E-state index contributed by atoms with van der Waals surface area (Å²) >= 11 is 0. The van der Waals surface area contributed by atoms with Gasteiger partial charge < -0.3 is 10.1 Å². The Kier molecular flexibility index (Phi) is 5.43. The molecule has 1 atom stereocenters. The SMILES string of the molecule is Cc1cccc(C)c1NC(=O)C(C)Oc1ccccc1C(C)C. The zero-order valence-corrected chi connectivity index (χ0v) is 14.5. The molecule has 0 saturated heterocycles. The predicted octanol–water partition coefficient (Wildman–Crippen LogP) is 4.83. The van der Waals surface area contributed by atoms with Crippen molar-refractivity contribution in [3.8, 4) is 5.75 Å². The number of para-hydroxylation sites is 2. The minimum Gasteiger partial charge on any atom is -0.481 e. The number of ether oxygens (including phenoxy) is 1. The Balaban J connectivity index is 2.12. The van der Waals surface area contributed by atoms with E-state index in [4.69, 9.17) is 4.74 Å². The van der Waals surface area contributed by atoms with Gasteiger partial charge in [-0.2, -0.15) is 0 Å². The first kappa shape index (κ1) is 17.1. The smallest absolute Gasteiger partial charge is 0.265 e. The number of carbonyl (C=O) groups is 1. The molecular weight excluding hydrogens is 286 g/mol. The molecule has 1 amide bonds. The summed E-state index contributed by atoms with van der Waals surface area (Å²) in [6, 6.07) is 13.8. The summed E-state index contributed by atoms with van der Waals surface area (Å²) in [4.78, 5) is 12.5. The summed E-state index contributed by atoms with van der Waals surface area (Å²) in [7, 11) is 0. The third kappa shape index (κ3) is 4.13. The van der Waals surface area contributed by atoms with Crippen molar-refractivity contribution < 1.29 is 9.53 Å². The molecule has 0 heterocycles. The number of anilines is 1. The molecule has 3 nitrogen and oxygen atoms in total. The van der Waals surface area contributed by atoms with Crippen LogP contribution < -0.4 is 10.1 Å². The number of nitrogens with one attached hydrogen (secondary N) is 1. The van der Waals surface area contributed by atoms with Crippen molar-refractivity contribution in [3.63, 3.8) is 0 Å². The third-order valence-electron chi connectivity index (χ3n) is 3.94. The molecule has 0 aliphatic heterocycles. The molecule has 1 N–H and O–H groups in total. The Hall–Kier alpha value is -2.29. The lowest BCUT2D eigenvalue weighted by molar-refractivity contribution is -0.122. The van der Waals surface area contributed by atoms with Crippen LogP contribution in [0.5, 0.6) is 5.75 Å². The molecule has 0 bridgehead atoms. The van der Waals surface area contributed by atoms with Gasteiger partial charge in [-0.3, -0.25) is 4.79 Å². The maximum absolute atomic E-state index is 12.5. The fourth-order valence-electron chi connectivity index (χ4n) is 2.55. The van der Waals surface area contributed by atoms with Crippen molar-refractivity contribution in [2.75, 3.05) is 5.32 Å². The first-order valence-corrected chi connectivity index (χ1v) is 8.02. The van der Waals surface area contributed by atoms with E-state index in [9.17, 15) is 4.79 Å². The maximum Gasteiger partial charge on any atom is 0.265 e. The number of hydrogen-bond acceptors (Lipinski definition) is 2. The highest BCUT2D eigenvalue weighted by Gasteiger charge is 2.18. The van der Waals surface area contributed by atoms with Crippen LogP contribution in [-0.4, -0.2) is 12.0 Å². The van der Waals surface area contributed by atoms with Crippen LogP contribution in [0.15, 0.2) is 42.5 Å². The first-order chi connectivity index (χ1) is 10.9. The zero-order chi connectivity index (χ0) is 17.0. The summed E-state index contributed by atoms with van der Waals surface area (Å²) in [5.41, 5.74) is 4.07. The van der Waals surface area contributed by atoms with Crippen molar-refractivity contribution in [1.82, 2.24) is 0 Å². The topological polar surface area (TPSA) is 38.3 Å². The lowest BCUT2D eigenvalue weighted by atomic mass is 10.0. The molecule has 0 radical (unpaired) electrons. The molecule has 23 heavy (non-hydrogen) atoms. The van der Waals surface area contributed by atoms with E-state index in [2.05, 4.69) is 19.2 Å². The number of rotatable bonds is 5. The monoisotopic (exact) mass is 311 g/mol. The molecule has 0 aliphatic carbocycles. The van der Waals surface area contributed by atoms with Gasteiger partial charge in [-0.1, -0.05) is 50.2 Å². The highest BCUT2D eigenvalue weighted by Crippen LogP contribution is 2.27. The average Bonchev–Trinajstić information content (AvgIpc) is 2.51. The van der Waals surface area contributed by atoms with Crippen LogP contribution in [-0.2, 0) is 4.79 Å². The standard InChI is InChI=1S/C20H25NO2/c1-13(2)17-11-6-7-12-18(17)23-16(5)20(22)21-19-14(3)9-8-10-15(19)4/h6-13,16H,1-5H3,(H,21,22). The molecular formula is C20H25NO2. The predicted molar refractivity (Wildman–Crippen MR) is 95.2 cm³/mol. The minimum absolute atomic E-state index is 0.138. The second kappa shape index (κ2) is 7.32. The Labute approximate surface area is 138 Å². The highest BCUT2D eigenvalue weighted by atomic mass is 16.5. The van der Waals surface area contributed by atoms with Gasteiger partial charge in [0.2, 0.25) is 0 Å². The van der Waals surface area contributed by atoms with E-state index < -0.39 is 6.10 Å². The van der Waals surface area contributed by atoms with Gasteiger partial charge in [0.1, 0.15) is 5.75 Å². The molecule has 0 aromatic heterocycles. The van der Waals surface area contributed by atoms with Gasteiger partial charge in [-0.25, -0.2) is 0 Å². The Morgan fingerprint density at radius 1 is 0.957 bits per heavy atom. The van der Waals surface area contributed by atoms with Crippen LogP contribution in [0.1, 0.15) is 43.4 Å². The molecule has 0 spiro atoms. The van der Waals surface area contributed by atoms with Gasteiger partial charge in [0.25, 0.3) is 5.91 Å². The molecule has 3 heteroatoms. The van der Waals surface area contributed by atoms with E-state index in [-0.39, 0.29) is 5.91 Å². The van der Waals surface area contributed by atoms with Crippen molar-refractivity contribution in [2.24, 2.45) is 0 Å². The number of benzene rings is 2. The van der Waals surface area contributed by atoms with E-state index in [1.165, 1.54) is 0 Å². The van der Waals surface area contributed by atoms with E-state index in [1.807, 2.05) is 56.3 Å². The van der Waals surface area contributed by atoms with Crippen LogP contribution in [0.2, 0.25) is 0 Å². The van der Waals surface area contributed by atoms with E-state index in [0.29, 0.717) is 5.92 Å². The lowest BCUT2D eigenvalue weighted by Gasteiger charge is -2.19. The first-order valence-electron chi connectivity index (χ1n) is 8.02. The fraction of sp³-hybridized carbons (Fsp3) is 0.350. The van der Waals surface area contributed by atoms with E-state index in [0.717, 1.165) is 28.1 Å². The number of hydrogen-bond donors (Lipinski definition) is 1. The van der Waals surface area contributed by atoms with Gasteiger partial charge in [0.15, 0.2) is 6.10 Å². The molecule has 0 fully saturated rings. The summed E-state index contributed by atoms with van der Waals surface area (Å²) in [6.07, 6.45) is -0.561. The molecule has 2 aromatic rings. The second-order valence-corrected chi connectivity index (χ2v) is 6.21. The van der Waals surface area contributed by atoms with Crippen molar-refractivity contribution in [3.05, 3.63) is 59.2 Å². The summed E-state index contributed by atoms with van der Waals surface area (Å²) in [5.74, 6) is 0.979. The molecule has 2 rings (SSSR count). The third-order valence-corrected chi connectivity index (χ3v) is 3.94. The number of carbonyl (C=O) groups excluding carboxylic acids is 1. The Morgan fingerprint density at radius 2 is 1.57 bits per heavy atom. The van der Waals surface area contributed by atoms with Crippen LogP contribution in [0, 0.1) is 13.8 Å². The number of amides is 1. The number of aryl methyl sites for hydroxylation is 2. The van der Waals surface area contributed by atoms with Gasteiger partial charge in [0.05, 0.1) is 0 Å². The molecule has 0 aliphatic rings. The van der Waals surface area contributed by atoms with Crippen molar-refractivity contribution >= 4 is 11.6 Å².